The molecule has 5 N–H and O–H groups in total. The van der Waals surface area contributed by atoms with Crippen LogP contribution in [0.25, 0.3) is 0 Å². The first-order valence-electron chi connectivity index (χ1n) is 5.20. The molecular formula is C9H13N3O6. The number of ether oxygens (including phenoxy) is 2. The second-order valence-corrected chi connectivity index (χ2v) is 3.72. The number of aliphatic hydroxyl groups is 3. The monoisotopic (exact) mass is 259 g/mol. The van der Waals surface area contributed by atoms with Crippen molar-refractivity contribution in [3.63, 3.8) is 0 Å². The summed E-state index contributed by atoms with van der Waals surface area (Å²) in [7, 11) is 0. The highest BCUT2D eigenvalue weighted by Crippen LogP contribution is 2.17. The molecule has 1 aliphatic heterocycles. The van der Waals surface area contributed by atoms with Gasteiger partial charge in [0.05, 0.1) is 6.61 Å². The highest BCUT2D eigenvalue weighted by atomic mass is 16.7. The number of H-pyrrole nitrogens is 1. The molecule has 0 aliphatic carbocycles. The third-order valence-corrected chi connectivity index (χ3v) is 2.40. The Bertz CT molecular complexity index is 397. The number of nitrogens with one attached hydrogen (secondary N) is 2. The van der Waals surface area contributed by atoms with Crippen molar-refractivity contribution in [3.05, 3.63) is 12.4 Å². The maximum atomic E-state index is 11.4. The van der Waals surface area contributed by atoms with Gasteiger partial charge in [-0.2, -0.15) is 0 Å². The number of nitrogens with zero attached hydrogens (tertiary/aromatic N) is 1. The summed E-state index contributed by atoms with van der Waals surface area (Å²) in [6.45, 7) is -0.239. The third-order valence-electron chi connectivity index (χ3n) is 2.40. The van der Waals surface area contributed by atoms with Crippen LogP contribution in [0.15, 0.2) is 12.4 Å². The molecule has 2 rings (SSSR count). The van der Waals surface area contributed by atoms with Crippen molar-refractivity contribution < 1.29 is 29.6 Å². The van der Waals surface area contributed by atoms with E-state index in [1.807, 2.05) is 0 Å². The quantitative estimate of drug-likeness (QED) is 0.431. The van der Waals surface area contributed by atoms with Crippen molar-refractivity contribution in [2.24, 2.45) is 0 Å². The van der Waals surface area contributed by atoms with Crippen LogP contribution >= 0.6 is 0 Å². The molecule has 1 aromatic rings. The molecule has 0 unspecified atom stereocenters. The van der Waals surface area contributed by atoms with Gasteiger partial charge in [-0.1, -0.05) is 0 Å². The first-order valence-corrected chi connectivity index (χ1v) is 5.20. The lowest BCUT2D eigenvalue weighted by molar-refractivity contribution is -0.249. The number of aromatic nitrogens is 2. The highest BCUT2D eigenvalue weighted by molar-refractivity contribution is 5.82. The minimum absolute atomic E-state index is 0.172. The van der Waals surface area contributed by atoms with Crippen LogP contribution in [0.5, 0.6) is 0 Å². The molecule has 100 valence electrons. The molecule has 0 spiro atoms. The molecule has 1 saturated heterocycles. The van der Waals surface area contributed by atoms with E-state index in [9.17, 15) is 20.1 Å². The Kier molecular flexibility index (Phi) is 3.77. The number of anilines is 1. The van der Waals surface area contributed by atoms with Gasteiger partial charge in [0.15, 0.2) is 0 Å². The molecule has 18 heavy (non-hydrogen) atoms. The van der Waals surface area contributed by atoms with E-state index in [0.717, 1.165) is 0 Å². The van der Waals surface area contributed by atoms with Gasteiger partial charge < -0.3 is 29.8 Å². The lowest BCUT2D eigenvalue weighted by atomic mass is 10.1. The number of carbonyl (C=O) groups is 1. The lowest BCUT2D eigenvalue weighted by Gasteiger charge is -2.34. The van der Waals surface area contributed by atoms with Crippen LogP contribution in [-0.2, 0) is 9.47 Å². The summed E-state index contributed by atoms with van der Waals surface area (Å²) in [6.07, 6.45) is -3.48. The van der Waals surface area contributed by atoms with Crippen molar-refractivity contribution in [1.29, 1.82) is 0 Å². The number of aromatic amines is 1. The Labute approximate surface area is 101 Å². The molecule has 1 aliphatic rings. The van der Waals surface area contributed by atoms with Crippen LogP contribution < -0.4 is 5.32 Å². The summed E-state index contributed by atoms with van der Waals surface area (Å²) in [5.74, 6) is 0.172. The number of hydrogen-bond donors (Lipinski definition) is 5. The smallest absolute Gasteiger partial charge is 0.416 e. The van der Waals surface area contributed by atoms with E-state index >= 15 is 0 Å². The van der Waals surface area contributed by atoms with Crippen LogP contribution in [0.1, 0.15) is 0 Å². The van der Waals surface area contributed by atoms with Gasteiger partial charge in [-0.05, 0) is 0 Å². The summed E-state index contributed by atoms with van der Waals surface area (Å²) < 4.78 is 9.63. The largest absolute Gasteiger partial charge is 0.416 e. The average Bonchev–Trinajstić information content (AvgIpc) is 2.83. The first kappa shape index (κ1) is 12.8. The van der Waals surface area contributed by atoms with Crippen LogP contribution in [0.4, 0.5) is 10.7 Å². The van der Waals surface area contributed by atoms with Crippen molar-refractivity contribution >= 4 is 12.0 Å². The third kappa shape index (κ3) is 2.76. The van der Waals surface area contributed by atoms with Gasteiger partial charge in [0.25, 0.3) is 0 Å². The van der Waals surface area contributed by atoms with Gasteiger partial charge in [0.2, 0.25) is 12.2 Å². The fourth-order valence-electron chi connectivity index (χ4n) is 1.45. The predicted octanol–water partition coefficient (Wildman–Crippen LogP) is -1.60. The fourth-order valence-corrected chi connectivity index (χ4v) is 1.45. The molecular weight excluding hydrogens is 246 g/mol. The van der Waals surface area contributed by atoms with Gasteiger partial charge in [-0.25, -0.2) is 9.78 Å². The van der Waals surface area contributed by atoms with E-state index < -0.39 is 30.7 Å². The van der Waals surface area contributed by atoms with Crippen LogP contribution in [0, 0.1) is 0 Å². The minimum Gasteiger partial charge on any atom is -0.416 e. The number of rotatable bonds is 2. The summed E-state index contributed by atoms with van der Waals surface area (Å²) >= 11 is 0. The summed E-state index contributed by atoms with van der Waals surface area (Å²) in [6, 6.07) is 0. The maximum Gasteiger partial charge on any atom is 0.416 e. The molecule has 2 heterocycles. The zero-order valence-electron chi connectivity index (χ0n) is 9.18. The SMILES string of the molecule is O=C(Nc1ncc[nH]1)O[C@H]1OC[C@@H](O)[C@@H](O)[C@H]1O. The summed E-state index contributed by atoms with van der Waals surface area (Å²) in [5.41, 5.74) is 0. The number of hydrogen-bond acceptors (Lipinski definition) is 7. The Balaban J connectivity index is 1.87. The molecule has 1 fully saturated rings. The normalized spacial score (nSPS) is 31.9. The van der Waals surface area contributed by atoms with E-state index in [0.29, 0.717) is 0 Å². The minimum atomic E-state index is -1.52. The average molecular weight is 259 g/mol. The molecule has 0 aromatic carbocycles. The number of amides is 1. The molecule has 9 heteroatoms. The van der Waals surface area contributed by atoms with E-state index in [2.05, 4.69) is 15.3 Å². The predicted molar refractivity (Wildman–Crippen MR) is 56.5 cm³/mol. The van der Waals surface area contributed by atoms with E-state index in [1.54, 1.807) is 0 Å². The van der Waals surface area contributed by atoms with Crippen molar-refractivity contribution in [2.45, 2.75) is 24.6 Å². The standard InChI is InChI=1S/C9H13N3O6/c13-4-3-17-7(6(15)5(4)14)18-9(16)12-8-10-1-2-11-8/h1-2,4-7,13-15H,3H2,(H2,10,11,12,16)/t4-,5-,6-,7-/m1/s1. The van der Waals surface area contributed by atoms with Crippen LogP contribution in [0.2, 0.25) is 0 Å². The molecule has 4 atom stereocenters. The molecule has 0 saturated carbocycles. The van der Waals surface area contributed by atoms with Gasteiger partial charge in [0, 0.05) is 12.4 Å². The molecule has 0 bridgehead atoms. The van der Waals surface area contributed by atoms with Crippen molar-refractivity contribution in [2.75, 3.05) is 11.9 Å². The van der Waals surface area contributed by atoms with Gasteiger partial charge >= 0.3 is 6.09 Å². The molecule has 0 radical (unpaired) electrons. The van der Waals surface area contributed by atoms with Crippen molar-refractivity contribution in [3.8, 4) is 0 Å². The summed E-state index contributed by atoms with van der Waals surface area (Å²) in [5, 5.41) is 30.3. The Hall–Kier alpha value is -1.68. The first-order chi connectivity index (χ1) is 8.58. The van der Waals surface area contributed by atoms with Crippen molar-refractivity contribution in [1.82, 2.24) is 9.97 Å². The Morgan fingerprint density at radius 1 is 1.50 bits per heavy atom. The van der Waals surface area contributed by atoms with E-state index in [1.165, 1.54) is 12.4 Å². The number of aliphatic hydroxyl groups excluding tert-OH is 3. The Morgan fingerprint density at radius 3 is 2.94 bits per heavy atom. The Morgan fingerprint density at radius 2 is 2.28 bits per heavy atom. The topological polar surface area (TPSA) is 137 Å². The second kappa shape index (κ2) is 5.31. The van der Waals surface area contributed by atoms with Crippen LogP contribution in [-0.4, -0.2) is 62.6 Å². The van der Waals surface area contributed by atoms with Gasteiger partial charge in [-0.3, -0.25) is 5.32 Å². The zero-order chi connectivity index (χ0) is 13.1. The van der Waals surface area contributed by atoms with Gasteiger partial charge in [0.1, 0.15) is 18.3 Å². The lowest BCUT2D eigenvalue weighted by Crippen LogP contribution is -2.54. The van der Waals surface area contributed by atoms with Gasteiger partial charge in [-0.15, -0.1) is 0 Å². The molecule has 9 nitrogen and oxygen atoms in total. The van der Waals surface area contributed by atoms with E-state index in [-0.39, 0.29) is 12.6 Å². The molecule has 1 amide bonds. The maximum absolute atomic E-state index is 11.4. The molecule has 1 aromatic heterocycles. The second-order valence-electron chi connectivity index (χ2n) is 3.72. The fraction of sp³-hybridized carbons (Fsp3) is 0.556. The van der Waals surface area contributed by atoms with E-state index in [4.69, 9.17) is 9.47 Å². The number of carbonyl (C=O) groups excluding carboxylic acids is 1. The summed E-state index contributed by atoms with van der Waals surface area (Å²) in [4.78, 5) is 17.7. The number of imidazole rings is 1. The zero-order valence-corrected chi connectivity index (χ0v) is 9.18. The highest BCUT2D eigenvalue weighted by Gasteiger charge is 2.39. The van der Waals surface area contributed by atoms with Crippen LogP contribution in [0.3, 0.4) is 0 Å².